The van der Waals surface area contributed by atoms with Gasteiger partial charge in [-0.2, -0.15) is 0 Å². The van der Waals surface area contributed by atoms with Crippen LogP contribution in [0.5, 0.6) is 0 Å². The van der Waals surface area contributed by atoms with Crippen LogP contribution in [0.1, 0.15) is 10.0 Å². The Morgan fingerprint density at radius 1 is 1.26 bits per heavy atom. The third-order valence-electron chi connectivity index (χ3n) is 2.42. The van der Waals surface area contributed by atoms with Gasteiger partial charge in [0.1, 0.15) is 10.0 Å². The fraction of sp³-hybridized carbons (Fsp3) is 0.167. The number of thiazole rings is 1. The molecule has 3 aromatic rings. The molecule has 1 N–H and O–H groups in total. The lowest BCUT2D eigenvalue weighted by atomic mass is 10.3. The Morgan fingerprint density at radius 2 is 2.11 bits per heavy atom. The zero-order valence-corrected chi connectivity index (χ0v) is 11.7. The SMILES string of the molecule is Cc1nnc(CC(=O)Nc2nc3ccccc3s2)s1. The van der Waals surface area contributed by atoms with E-state index >= 15 is 0 Å². The Kier molecular flexibility index (Phi) is 3.22. The van der Waals surface area contributed by atoms with Gasteiger partial charge in [0.2, 0.25) is 5.91 Å². The molecule has 0 saturated heterocycles. The predicted molar refractivity (Wildman–Crippen MR) is 76.6 cm³/mol. The molecule has 0 unspecified atom stereocenters. The molecule has 0 fully saturated rings. The van der Waals surface area contributed by atoms with Crippen LogP contribution in [0.15, 0.2) is 24.3 Å². The lowest BCUT2D eigenvalue weighted by molar-refractivity contribution is -0.115. The van der Waals surface area contributed by atoms with Gasteiger partial charge < -0.3 is 5.32 Å². The molecule has 2 aromatic heterocycles. The number of fused-ring (bicyclic) bond motifs is 1. The number of nitrogens with zero attached hydrogens (tertiary/aromatic N) is 3. The second kappa shape index (κ2) is 5.02. The maximum atomic E-state index is 11.9. The van der Waals surface area contributed by atoms with Crippen molar-refractivity contribution in [3.63, 3.8) is 0 Å². The van der Waals surface area contributed by atoms with Crippen LogP contribution >= 0.6 is 22.7 Å². The van der Waals surface area contributed by atoms with Gasteiger partial charge >= 0.3 is 0 Å². The van der Waals surface area contributed by atoms with E-state index in [0.29, 0.717) is 5.13 Å². The quantitative estimate of drug-likeness (QED) is 0.805. The van der Waals surface area contributed by atoms with Crippen molar-refractivity contribution < 1.29 is 4.79 Å². The van der Waals surface area contributed by atoms with Gasteiger partial charge in [0.05, 0.1) is 16.6 Å². The maximum absolute atomic E-state index is 11.9. The first-order valence-corrected chi connectivity index (χ1v) is 7.28. The summed E-state index contributed by atoms with van der Waals surface area (Å²) in [7, 11) is 0. The molecule has 3 rings (SSSR count). The molecule has 0 spiro atoms. The van der Waals surface area contributed by atoms with Crippen LogP contribution in [0.25, 0.3) is 10.2 Å². The van der Waals surface area contributed by atoms with E-state index in [1.807, 2.05) is 31.2 Å². The summed E-state index contributed by atoms with van der Waals surface area (Å²) in [6.07, 6.45) is 0.238. The Bertz CT molecular complexity index is 701. The highest BCUT2D eigenvalue weighted by Gasteiger charge is 2.10. The van der Waals surface area contributed by atoms with Gasteiger partial charge in [0.15, 0.2) is 5.13 Å². The van der Waals surface area contributed by atoms with Gasteiger partial charge in [0, 0.05) is 0 Å². The second-order valence-corrected chi connectivity index (χ2v) is 6.22. The average Bonchev–Trinajstić information content (AvgIpc) is 2.94. The Balaban J connectivity index is 1.72. The summed E-state index contributed by atoms with van der Waals surface area (Å²) in [5.74, 6) is -0.116. The van der Waals surface area contributed by atoms with Crippen molar-refractivity contribution in [2.75, 3.05) is 5.32 Å². The second-order valence-electron chi connectivity index (χ2n) is 3.93. The Morgan fingerprint density at radius 3 is 2.84 bits per heavy atom. The van der Waals surface area contributed by atoms with Gasteiger partial charge in [-0.3, -0.25) is 4.79 Å². The smallest absolute Gasteiger partial charge is 0.233 e. The van der Waals surface area contributed by atoms with Crippen LogP contribution in [-0.4, -0.2) is 21.1 Å². The van der Waals surface area contributed by atoms with Gasteiger partial charge in [-0.1, -0.05) is 23.5 Å². The third-order valence-corrected chi connectivity index (χ3v) is 4.21. The first-order valence-electron chi connectivity index (χ1n) is 5.65. The molecular weight excluding hydrogens is 280 g/mol. The van der Waals surface area contributed by atoms with Gasteiger partial charge in [-0.25, -0.2) is 4.98 Å². The van der Waals surface area contributed by atoms with E-state index in [4.69, 9.17) is 0 Å². The number of nitrogens with one attached hydrogen (secondary N) is 1. The van der Waals surface area contributed by atoms with E-state index in [1.54, 1.807) is 0 Å². The van der Waals surface area contributed by atoms with Crippen LogP contribution < -0.4 is 5.32 Å². The summed E-state index contributed by atoms with van der Waals surface area (Å²) in [6, 6.07) is 7.79. The highest BCUT2D eigenvalue weighted by Crippen LogP contribution is 2.25. The standard InChI is InChI=1S/C12H10N4OS2/c1-7-15-16-11(18-7)6-10(17)14-12-13-8-4-2-3-5-9(8)19-12/h2-5H,6H2,1H3,(H,13,14,17). The Hall–Kier alpha value is -1.86. The Labute approximate surface area is 117 Å². The number of rotatable bonds is 3. The number of aryl methyl sites for hydroxylation is 1. The van der Waals surface area contributed by atoms with Crippen molar-refractivity contribution in [3.05, 3.63) is 34.3 Å². The van der Waals surface area contributed by atoms with Crippen molar-refractivity contribution in [2.24, 2.45) is 0 Å². The van der Waals surface area contributed by atoms with Crippen molar-refractivity contribution in [1.29, 1.82) is 0 Å². The number of anilines is 1. The molecule has 0 bridgehead atoms. The predicted octanol–water partition coefficient (Wildman–Crippen LogP) is 2.64. The number of carbonyl (C=O) groups is 1. The van der Waals surface area contributed by atoms with Crippen LogP contribution in [0.4, 0.5) is 5.13 Å². The first-order chi connectivity index (χ1) is 9.20. The van der Waals surface area contributed by atoms with E-state index in [-0.39, 0.29) is 12.3 Å². The number of hydrogen-bond acceptors (Lipinski definition) is 6. The van der Waals surface area contributed by atoms with Gasteiger partial charge in [-0.15, -0.1) is 21.5 Å². The highest BCUT2D eigenvalue weighted by molar-refractivity contribution is 7.22. The molecular formula is C12H10N4OS2. The fourth-order valence-corrected chi connectivity index (χ4v) is 3.23. The minimum atomic E-state index is -0.116. The molecule has 1 amide bonds. The van der Waals surface area contributed by atoms with Crippen LogP contribution in [0, 0.1) is 6.92 Å². The largest absolute Gasteiger partial charge is 0.302 e. The van der Waals surface area contributed by atoms with Gasteiger partial charge in [-0.05, 0) is 19.1 Å². The molecule has 1 aromatic carbocycles. The van der Waals surface area contributed by atoms with E-state index in [2.05, 4.69) is 20.5 Å². The maximum Gasteiger partial charge on any atom is 0.233 e. The van der Waals surface area contributed by atoms with E-state index in [0.717, 1.165) is 20.2 Å². The third kappa shape index (κ3) is 2.77. The molecule has 0 saturated carbocycles. The molecule has 0 radical (unpaired) electrons. The zero-order valence-electron chi connectivity index (χ0n) is 10.1. The molecule has 0 aliphatic heterocycles. The molecule has 2 heterocycles. The molecule has 96 valence electrons. The van der Waals surface area contributed by atoms with E-state index < -0.39 is 0 Å². The lowest BCUT2D eigenvalue weighted by Gasteiger charge is -1.97. The van der Waals surface area contributed by atoms with Crippen molar-refractivity contribution in [1.82, 2.24) is 15.2 Å². The first kappa shape index (κ1) is 12.2. The normalized spacial score (nSPS) is 10.8. The number of carbonyl (C=O) groups excluding carboxylic acids is 1. The molecule has 7 heteroatoms. The number of hydrogen-bond donors (Lipinski definition) is 1. The number of para-hydroxylation sites is 1. The van der Waals surface area contributed by atoms with E-state index in [9.17, 15) is 4.79 Å². The van der Waals surface area contributed by atoms with Crippen LogP contribution in [0.2, 0.25) is 0 Å². The summed E-state index contributed by atoms with van der Waals surface area (Å²) in [4.78, 5) is 16.2. The van der Waals surface area contributed by atoms with Crippen LogP contribution in [-0.2, 0) is 11.2 Å². The zero-order chi connectivity index (χ0) is 13.2. The molecule has 0 aliphatic carbocycles. The minimum Gasteiger partial charge on any atom is -0.302 e. The van der Waals surface area contributed by atoms with Crippen molar-refractivity contribution in [3.8, 4) is 0 Å². The monoisotopic (exact) mass is 290 g/mol. The molecule has 19 heavy (non-hydrogen) atoms. The van der Waals surface area contributed by atoms with Crippen molar-refractivity contribution >= 4 is 43.9 Å². The minimum absolute atomic E-state index is 0.116. The summed E-state index contributed by atoms with van der Waals surface area (Å²) >= 11 is 2.90. The van der Waals surface area contributed by atoms with E-state index in [1.165, 1.54) is 22.7 Å². The molecule has 0 aliphatic rings. The number of benzene rings is 1. The van der Waals surface area contributed by atoms with Crippen LogP contribution in [0.3, 0.4) is 0 Å². The lowest BCUT2D eigenvalue weighted by Crippen LogP contribution is -2.14. The summed E-state index contributed by atoms with van der Waals surface area (Å²) in [5, 5.41) is 12.8. The fourth-order valence-electron chi connectivity index (χ4n) is 1.64. The number of aromatic nitrogens is 3. The summed E-state index contributed by atoms with van der Waals surface area (Å²) < 4.78 is 1.06. The molecule has 0 atom stereocenters. The summed E-state index contributed by atoms with van der Waals surface area (Å²) in [5.41, 5.74) is 0.898. The number of amides is 1. The average molecular weight is 290 g/mol. The summed E-state index contributed by atoms with van der Waals surface area (Å²) in [6.45, 7) is 1.87. The van der Waals surface area contributed by atoms with Gasteiger partial charge in [0.25, 0.3) is 0 Å². The molecule has 5 nitrogen and oxygen atoms in total. The highest BCUT2D eigenvalue weighted by atomic mass is 32.1. The topological polar surface area (TPSA) is 67.8 Å². The van der Waals surface area contributed by atoms with Crippen molar-refractivity contribution in [2.45, 2.75) is 13.3 Å².